The Labute approximate surface area is 41.8 Å². The third kappa shape index (κ3) is 2.09. The van der Waals surface area contributed by atoms with Crippen LogP contribution in [0.4, 0.5) is 4.39 Å². The highest BCUT2D eigenvalue weighted by molar-refractivity contribution is 5.92. The van der Waals surface area contributed by atoms with E-state index in [-0.39, 0.29) is 11.4 Å². The van der Waals surface area contributed by atoms with E-state index >= 15 is 0 Å². The van der Waals surface area contributed by atoms with Crippen LogP contribution in [0.25, 0.3) is 0 Å². The molecule has 0 saturated carbocycles. The van der Waals surface area contributed by atoms with Gasteiger partial charge >= 0.3 is 0 Å². The van der Waals surface area contributed by atoms with Gasteiger partial charge in [0.2, 0.25) is 0 Å². The molecule has 7 heavy (non-hydrogen) atoms. The van der Waals surface area contributed by atoms with Gasteiger partial charge in [0, 0.05) is 5.57 Å². The Kier molecular flexibility index (Phi) is 2.27. The van der Waals surface area contributed by atoms with Crippen molar-refractivity contribution >= 4 is 5.78 Å². The molecule has 0 aromatic heterocycles. The van der Waals surface area contributed by atoms with Crippen LogP contribution in [0.5, 0.6) is 0 Å². The first-order chi connectivity index (χ1) is 3.18. The van der Waals surface area contributed by atoms with E-state index in [4.69, 9.17) is 0 Å². The number of hydrogen-bond donors (Lipinski definition) is 0. The fourth-order valence-corrected chi connectivity index (χ4v) is 0.0941. The van der Waals surface area contributed by atoms with Crippen molar-refractivity contribution in [3.8, 4) is 0 Å². The Morgan fingerprint density at radius 3 is 2.29 bits per heavy atom. The van der Waals surface area contributed by atoms with Gasteiger partial charge in [0.15, 0.2) is 5.78 Å². The smallest absolute Gasteiger partial charge is 0.157 e. The number of hydrogen-bond acceptors (Lipinski definition) is 1. The number of halogens is 1. The number of alkyl halides is 1. The van der Waals surface area contributed by atoms with E-state index in [0.717, 1.165) is 0 Å². The minimum absolute atomic E-state index is 0.0417. The van der Waals surface area contributed by atoms with Crippen LogP contribution in [0.1, 0.15) is 6.92 Å². The van der Waals surface area contributed by atoms with Crippen molar-refractivity contribution in [3.63, 3.8) is 0 Å². The van der Waals surface area contributed by atoms with Gasteiger partial charge in [-0.1, -0.05) is 6.58 Å². The van der Waals surface area contributed by atoms with Gasteiger partial charge in [0.05, 0.1) is 0 Å². The van der Waals surface area contributed by atoms with E-state index in [0.29, 0.717) is 0 Å². The van der Waals surface area contributed by atoms with Crippen LogP contribution in [-0.4, -0.2) is 12.5 Å². The second kappa shape index (κ2) is 2.50. The van der Waals surface area contributed by atoms with Crippen LogP contribution in [0, 0.1) is 0 Å². The SMILES string of the molecule is C=C(CF)C(C)=O. The van der Waals surface area contributed by atoms with Gasteiger partial charge in [0.1, 0.15) is 6.67 Å². The molecular weight excluding hydrogens is 95.1 g/mol. The van der Waals surface area contributed by atoms with Crippen molar-refractivity contribution in [2.75, 3.05) is 6.67 Å². The third-order valence-corrected chi connectivity index (χ3v) is 0.659. The van der Waals surface area contributed by atoms with E-state index in [2.05, 4.69) is 6.58 Å². The molecule has 0 rings (SSSR count). The second-order valence-corrected chi connectivity index (χ2v) is 1.29. The summed E-state index contributed by atoms with van der Waals surface area (Å²) in [7, 11) is 0. The molecule has 2 heteroatoms. The number of carbonyl (C=O) groups excluding carboxylic acids is 1. The fourth-order valence-electron chi connectivity index (χ4n) is 0.0941. The van der Waals surface area contributed by atoms with Crippen LogP contribution >= 0.6 is 0 Å². The summed E-state index contributed by atoms with van der Waals surface area (Å²) in [6, 6.07) is 0. The van der Waals surface area contributed by atoms with Gasteiger partial charge in [-0.15, -0.1) is 0 Å². The van der Waals surface area contributed by atoms with Gasteiger partial charge in [-0.2, -0.15) is 0 Å². The Morgan fingerprint density at radius 2 is 2.29 bits per heavy atom. The summed E-state index contributed by atoms with van der Waals surface area (Å²) in [4.78, 5) is 10.0. The predicted octanol–water partition coefficient (Wildman–Crippen LogP) is 1.10. The summed E-state index contributed by atoms with van der Waals surface area (Å²) >= 11 is 0. The maximum Gasteiger partial charge on any atom is 0.157 e. The molecule has 0 aliphatic carbocycles. The van der Waals surface area contributed by atoms with Crippen LogP contribution < -0.4 is 0 Å². The van der Waals surface area contributed by atoms with Crippen LogP contribution in [0.2, 0.25) is 0 Å². The summed E-state index contributed by atoms with van der Waals surface area (Å²) < 4.78 is 11.3. The standard InChI is InChI=1S/C5H7FO/c1-4(3-6)5(2)7/h1,3H2,2H3. The Bertz CT molecular complexity index is 96.3. The zero-order valence-corrected chi connectivity index (χ0v) is 4.20. The number of ketones is 1. The first-order valence-electron chi connectivity index (χ1n) is 1.93. The van der Waals surface area contributed by atoms with Gasteiger partial charge < -0.3 is 0 Å². The molecule has 0 amide bonds. The fraction of sp³-hybridized carbons (Fsp3) is 0.400. The van der Waals surface area contributed by atoms with Gasteiger partial charge in [0.25, 0.3) is 0 Å². The monoisotopic (exact) mass is 102 g/mol. The van der Waals surface area contributed by atoms with Crippen molar-refractivity contribution in [3.05, 3.63) is 12.2 Å². The Balaban J connectivity index is 3.58. The summed E-state index contributed by atoms with van der Waals surface area (Å²) in [6.07, 6.45) is 0. The minimum Gasteiger partial charge on any atom is -0.295 e. The second-order valence-electron chi connectivity index (χ2n) is 1.29. The molecule has 0 unspecified atom stereocenters. The molecule has 0 fully saturated rings. The number of rotatable bonds is 2. The molecule has 0 atom stereocenters. The molecule has 0 heterocycles. The molecule has 0 radical (unpaired) electrons. The largest absolute Gasteiger partial charge is 0.295 e. The van der Waals surface area contributed by atoms with Crippen LogP contribution in [0.15, 0.2) is 12.2 Å². The number of allylic oxidation sites excluding steroid dienone is 1. The zero-order valence-electron chi connectivity index (χ0n) is 4.20. The van der Waals surface area contributed by atoms with Gasteiger partial charge in [-0.05, 0) is 6.92 Å². The Hall–Kier alpha value is -0.660. The van der Waals surface area contributed by atoms with Crippen molar-refractivity contribution in [1.82, 2.24) is 0 Å². The molecule has 0 spiro atoms. The van der Waals surface area contributed by atoms with Gasteiger partial charge in [-0.3, -0.25) is 4.79 Å². The molecular formula is C5H7FO. The summed E-state index contributed by atoms with van der Waals surface area (Å²) in [6.45, 7) is 3.71. The van der Waals surface area contributed by atoms with Crippen molar-refractivity contribution in [2.45, 2.75) is 6.92 Å². The minimum atomic E-state index is -0.727. The Morgan fingerprint density at radius 1 is 1.86 bits per heavy atom. The highest BCUT2D eigenvalue weighted by Gasteiger charge is 1.95. The highest BCUT2D eigenvalue weighted by atomic mass is 19.1. The summed E-state index contributed by atoms with van der Waals surface area (Å²) in [5, 5.41) is 0. The number of carbonyl (C=O) groups is 1. The molecule has 0 aromatic carbocycles. The van der Waals surface area contributed by atoms with E-state index in [1.165, 1.54) is 6.92 Å². The lowest BCUT2D eigenvalue weighted by Gasteiger charge is -1.86. The van der Waals surface area contributed by atoms with E-state index in [1.807, 2.05) is 0 Å². The molecule has 0 aliphatic rings. The molecule has 0 aromatic rings. The van der Waals surface area contributed by atoms with Crippen LogP contribution in [0.3, 0.4) is 0 Å². The maximum atomic E-state index is 11.3. The first-order valence-corrected chi connectivity index (χ1v) is 1.93. The lowest BCUT2D eigenvalue weighted by atomic mass is 10.2. The third-order valence-electron chi connectivity index (χ3n) is 0.659. The van der Waals surface area contributed by atoms with Crippen molar-refractivity contribution in [1.29, 1.82) is 0 Å². The lowest BCUT2D eigenvalue weighted by molar-refractivity contribution is -0.113. The molecule has 0 saturated heterocycles. The summed E-state index contributed by atoms with van der Waals surface area (Å²) in [5.74, 6) is -0.275. The van der Waals surface area contributed by atoms with Gasteiger partial charge in [-0.25, -0.2) is 4.39 Å². The molecule has 0 N–H and O–H groups in total. The quantitative estimate of drug-likeness (QED) is 0.477. The van der Waals surface area contributed by atoms with Crippen molar-refractivity contribution in [2.24, 2.45) is 0 Å². The first kappa shape index (κ1) is 6.34. The maximum absolute atomic E-state index is 11.3. The van der Waals surface area contributed by atoms with E-state index in [9.17, 15) is 9.18 Å². The molecule has 0 bridgehead atoms. The predicted molar refractivity (Wildman–Crippen MR) is 25.8 cm³/mol. The number of Topliss-reactive ketones (excluding diaryl/α,β-unsaturated/α-hetero) is 1. The average Bonchev–Trinajstić information content (AvgIpc) is 1.65. The van der Waals surface area contributed by atoms with E-state index < -0.39 is 6.67 Å². The zero-order chi connectivity index (χ0) is 5.86. The lowest BCUT2D eigenvalue weighted by Crippen LogP contribution is -1.94. The van der Waals surface area contributed by atoms with Crippen molar-refractivity contribution < 1.29 is 9.18 Å². The topological polar surface area (TPSA) is 17.1 Å². The normalized spacial score (nSPS) is 8.29. The molecule has 1 nitrogen and oxygen atoms in total. The average molecular weight is 102 g/mol. The molecule has 0 aliphatic heterocycles. The summed E-state index contributed by atoms with van der Waals surface area (Å²) in [5.41, 5.74) is 0.0417. The van der Waals surface area contributed by atoms with Crippen LogP contribution in [-0.2, 0) is 4.79 Å². The molecule has 40 valence electrons. The van der Waals surface area contributed by atoms with E-state index in [1.54, 1.807) is 0 Å². The highest BCUT2D eigenvalue weighted by Crippen LogP contribution is 1.89.